The lowest BCUT2D eigenvalue weighted by atomic mass is 9.92. The zero-order valence-electron chi connectivity index (χ0n) is 15.7. The molecule has 0 amide bonds. The maximum absolute atomic E-state index is 12.9. The number of unbranched alkanes of at least 4 members (excludes halogenated alkanes) is 1. The summed E-state index contributed by atoms with van der Waals surface area (Å²) in [4.78, 5) is 25.2. The van der Waals surface area contributed by atoms with Crippen molar-refractivity contribution in [2.75, 3.05) is 5.75 Å². The molecule has 0 aliphatic heterocycles. The zero-order chi connectivity index (χ0) is 18.9. The van der Waals surface area contributed by atoms with Crippen LogP contribution < -0.4 is 5.56 Å². The number of carbonyl (C=O) groups is 1. The quantitative estimate of drug-likeness (QED) is 0.619. The van der Waals surface area contributed by atoms with Gasteiger partial charge in [0.1, 0.15) is 5.78 Å². The van der Waals surface area contributed by atoms with Crippen LogP contribution in [-0.4, -0.2) is 30.7 Å². The van der Waals surface area contributed by atoms with Gasteiger partial charge in [0.15, 0.2) is 5.16 Å². The van der Waals surface area contributed by atoms with Crippen LogP contribution >= 0.6 is 11.8 Å². The first-order valence-electron chi connectivity index (χ1n) is 8.87. The molecule has 3 rings (SSSR count). The molecule has 7 heteroatoms. The molecule has 1 aromatic carbocycles. The minimum atomic E-state index is -0.390. The molecule has 2 heterocycles. The van der Waals surface area contributed by atoms with Gasteiger partial charge in [-0.25, -0.2) is 0 Å². The first-order valence-corrected chi connectivity index (χ1v) is 9.86. The van der Waals surface area contributed by atoms with E-state index in [0.29, 0.717) is 28.6 Å². The van der Waals surface area contributed by atoms with E-state index in [4.69, 9.17) is 0 Å². The van der Waals surface area contributed by atoms with Crippen molar-refractivity contribution in [1.82, 2.24) is 19.2 Å². The number of fused-ring (bicyclic) bond motifs is 3. The van der Waals surface area contributed by atoms with Crippen molar-refractivity contribution >= 4 is 34.2 Å². The number of carbonyl (C=O) groups excluding carboxylic acids is 1. The third kappa shape index (κ3) is 3.40. The molecule has 3 aromatic rings. The zero-order valence-corrected chi connectivity index (χ0v) is 16.5. The van der Waals surface area contributed by atoms with E-state index >= 15 is 0 Å². The van der Waals surface area contributed by atoms with Gasteiger partial charge in [0, 0.05) is 12.0 Å². The summed E-state index contributed by atoms with van der Waals surface area (Å²) >= 11 is 1.37. The van der Waals surface area contributed by atoms with Crippen LogP contribution in [0.3, 0.4) is 0 Å². The molecular formula is C19H24N4O2S. The van der Waals surface area contributed by atoms with Crippen molar-refractivity contribution in [1.29, 1.82) is 0 Å². The molecule has 0 aliphatic carbocycles. The van der Waals surface area contributed by atoms with Gasteiger partial charge in [-0.05, 0) is 18.6 Å². The van der Waals surface area contributed by atoms with Crippen LogP contribution in [0.1, 0.15) is 40.5 Å². The maximum Gasteiger partial charge on any atom is 0.262 e. The van der Waals surface area contributed by atoms with Crippen LogP contribution in [-0.2, 0) is 11.3 Å². The van der Waals surface area contributed by atoms with Gasteiger partial charge < -0.3 is 0 Å². The molecule has 26 heavy (non-hydrogen) atoms. The Morgan fingerprint density at radius 3 is 2.62 bits per heavy atom. The van der Waals surface area contributed by atoms with Crippen molar-refractivity contribution in [3.63, 3.8) is 0 Å². The van der Waals surface area contributed by atoms with Crippen LogP contribution in [0.2, 0.25) is 0 Å². The Morgan fingerprint density at radius 1 is 1.19 bits per heavy atom. The number of rotatable bonds is 6. The van der Waals surface area contributed by atoms with Crippen LogP contribution in [0, 0.1) is 5.41 Å². The largest absolute Gasteiger partial charge is 0.298 e. The van der Waals surface area contributed by atoms with E-state index in [1.807, 2.05) is 49.4 Å². The second-order valence-corrected chi connectivity index (χ2v) is 8.35. The molecule has 0 unspecified atom stereocenters. The molecule has 6 nitrogen and oxygen atoms in total. The van der Waals surface area contributed by atoms with Gasteiger partial charge >= 0.3 is 0 Å². The lowest BCUT2D eigenvalue weighted by Gasteiger charge is -2.15. The van der Waals surface area contributed by atoms with E-state index < -0.39 is 5.41 Å². The average Bonchev–Trinajstić information content (AvgIpc) is 3.02. The number of hydrogen-bond acceptors (Lipinski definition) is 5. The number of hydrogen-bond donors (Lipinski definition) is 0. The predicted molar refractivity (Wildman–Crippen MR) is 105 cm³/mol. The van der Waals surface area contributed by atoms with Gasteiger partial charge in [0.05, 0.1) is 16.7 Å². The van der Waals surface area contributed by atoms with E-state index in [-0.39, 0.29) is 11.3 Å². The third-order valence-electron chi connectivity index (χ3n) is 4.38. The number of para-hydroxylation sites is 1. The Hall–Kier alpha value is -2.15. The number of aryl methyl sites for hydroxylation is 1. The number of ketones is 1. The molecule has 0 saturated heterocycles. The maximum atomic E-state index is 12.9. The molecule has 0 N–H and O–H groups in total. The van der Waals surface area contributed by atoms with Crippen molar-refractivity contribution in [2.45, 2.75) is 52.2 Å². The molecule has 0 atom stereocenters. The second kappa shape index (κ2) is 7.23. The minimum absolute atomic E-state index is 0.0451. The van der Waals surface area contributed by atoms with Gasteiger partial charge in [-0.3, -0.25) is 18.6 Å². The third-order valence-corrected chi connectivity index (χ3v) is 5.31. The van der Waals surface area contributed by atoms with Gasteiger partial charge in [0.25, 0.3) is 5.56 Å². The molecule has 0 fully saturated rings. The average molecular weight is 372 g/mol. The Morgan fingerprint density at radius 2 is 1.92 bits per heavy atom. The lowest BCUT2D eigenvalue weighted by Crippen LogP contribution is -2.24. The van der Waals surface area contributed by atoms with Crippen LogP contribution in [0.4, 0.5) is 0 Å². The Kier molecular flexibility index (Phi) is 5.18. The van der Waals surface area contributed by atoms with Gasteiger partial charge in [-0.2, -0.15) is 0 Å². The van der Waals surface area contributed by atoms with E-state index in [1.165, 1.54) is 11.8 Å². The SMILES string of the molecule is CCCCn1c(=O)c2ccccc2n2c(SCC(=O)C(C)(C)C)nnc12. The van der Waals surface area contributed by atoms with Crippen LogP contribution in [0.5, 0.6) is 0 Å². The molecule has 0 aliphatic rings. The van der Waals surface area contributed by atoms with Crippen molar-refractivity contribution in [3.8, 4) is 0 Å². The first kappa shape index (κ1) is 18.6. The lowest BCUT2D eigenvalue weighted by molar-refractivity contribution is -0.123. The van der Waals surface area contributed by atoms with Gasteiger partial charge in [-0.1, -0.05) is 58.0 Å². The second-order valence-electron chi connectivity index (χ2n) is 7.41. The predicted octanol–water partition coefficient (Wildman–Crippen LogP) is 3.55. The number of nitrogens with zero attached hydrogens (tertiary/aromatic N) is 4. The molecule has 0 bridgehead atoms. The fourth-order valence-electron chi connectivity index (χ4n) is 2.69. The summed E-state index contributed by atoms with van der Waals surface area (Å²) in [5.74, 6) is 1.02. The van der Waals surface area contributed by atoms with E-state index in [0.717, 1.165) is 18.4 Å². The Balaban J connectivity index is 2.13. The summed E-state index contributed by atoms with van der Waals surface area (Å²) in [5.41, 5.74) is 0.339. The summed E-state index contributed by atoms with van der Waals surface area (Å²) in [5, 5.41) is 9.82. The minimum Gasteiger partial charge on any atom is -0.298 e. The standard InChI is InChI=1S/C19H24N4O2S/c1-5-6-11-22-16(25)13-9-7-8-10-14(13)23-17(22)20-21-18(23)26-12-15(24)19(2,3)4/h7-10H,5-6,11-12H2,1-4H3. The van der Waals surface area contributed by atoms with Crippen molar-refractivity contribution in [2.24, 2.45) is 5.41 Å². The van der Waals surface area contributed by atoms with Crippen LogP contribution in [0.15, 0.2) is 34.2 Å². The molecule has 138 valence electrons. The fourth-order valence-corrected chi connectivity index (χ4v) is 3.79. The molecule has 0 spiro atoms. The summed E-state index contributed by atoms with van der Waals surface area (Å²) in [6.07, 6.45) is 1.88. The highest BCUT2D eigenvalue weighted by atomic mass is 32.2. The van der Waals surface area contributed by atoms with Crippen molar-refractivity contribution in [3.05, 3.63) is 34.6 Å². The highest BCUT2D eigenvalue weighted by Gasteiger charge is 2.23. The summed E-state index contributed by atoms with van der Waals surface area (Å²) in [6.45, 7) is 8.43. The first-order chi connectivity index (χ1) is 12.3. The normalized spacial score (nSPS) is 12.2. The highest BCUT2D eigenvalue weighted by molar-refractivity contribution is 7.99. The number of aromatic nitrogens is 4. The Labute approximate surface area is 156 Å². The van der Waals surface area contributed by atoms with E-state index in [9.17, 15) is 9.59 Å². The Bertz CT molecular complexity index is 1010. The number of benzene rings is 1. The number of thioether (sulfide) groups is 1. The topological polar surface area (TPSA) is 69.3 Å². The van der Waals surface area contributed by atoms with Crippen molar-refractivity contribution < 1.29 is 4.79 Å². The monoisotopic (exact) mass is 372 g/mol. The summed E-state index contributed by atoms with van der Waals surface area (Å²) in [7, 11) is 0. The van der Waals surface area contributed by atoms with Gasteiger partial charge in [-0.15, -0.1) is 10.2 Å². The molecular weight excluding hydrogens is 348 g/mol. The van der Waals surface area contributed by atoms with Crippen LogP contribution in [0.25, 0.3) is 16.7 Å². The van der Waals surface area contributed by atoms with E-state index in [2.05, 4.69) is 17.1 Å². The molecule has 2 aromatic heterocycles. The smallest absolute Gasteiger partial charge is 0.262 e. The van der Waals surface area contributed by atoms with Gasteiger partial charge in [0.2, 0.25) is 5.78 Å². The fraction of sp³-hybridized carbons (Fsp3) is 0.474. The molecule has 0 radical (unpaired) electrons. The van der Waals surface area contributed by atoms with E-state index in [1.54, 1.807) is 4.57 Å². The number of Topliss-reactive ketones (excluding diaryl/α,β-unsaturated/α-hetero) is 1. The summed E-state index contributed by atoms with van der Waals surface area (Å²) in [6, 6.07) is 7.48. The molecule has 0 saturated carbocycles. The summed E-state index contributed by atoms with van der Waals surface area (Å²) < 4.78 is 3.58. The highest BCUT2D eigenvalue weighted by Crippen LogP contribution is 2.25.